The van der Waals surface area contributed by atoms with Crippen LogP contribution in [0.4, 0.5) is 4.79 Å². The normalized spacial score (nSPS) is 15.2. The summed E-state index contributed by atoms with van der Waals surface area (Å²) in [7, 11) is 0. The summed E-state index contributed by atoms with van der Waals surface area (Å²) in [6.07, 6.45) is 2.88. The number of fused-ring (bicyclic) bond motifs is 2. The van der Waals surface area contributed by atoms with E-state index >= 15 is 0 Å². The van der Waals surface area contributed by atoms with Crippen molar-refractivity contribution in [2.45, 2.75) is 106 Å². The van der Waals surface area contributed by atoms with Crippen LogP contribution in [-0.2, 0) is 67.2 Å². The van der Waals surface area contributed by atoms with Crippen molar-refractivity contribution in [2.75, 3.05) is 31.1 Å². The number of aromatic amines is 2. The van der Waals surface area contributed by atoms with E-state index in [2.05, 4.69) is 92.7 Å². The summed E-state index contributed by atoms with van der Waals surface area (Å²) >= 11 is 8.35. The molecular formula is C56H73N19O12S2. The fourth-order valence-electron chi connectivity index (χ4n) is 9.52. The molecule has 3 heterocycles. The van der Waals surface area contributed by atoms with Crippen molar-refractivity contribution in [2.24, 2.45) is 38.7 Å². The van der Waals surface area contributed by atoms with Crippen molar-refractivity contribution in [3.05, 3.63) is 102 Å². The fourth-order valence-corrected chi connectivity index (χ4v) is 10.0. The number of carboxylic acids is 1. The molecule has 1 fully saturated rings. The number of carbonyl (C=O) groups is 11. The fraction of sp³-hybridized carbons (Fsp3) is 0.393. The van der Waals surface area contributed by atoms with Crippen LogP contribution in [0.3, 0.4) is 0 Å². The Bertz CT molecular complexity index is 3430. The number of nitrogens with zero attached hydrogens (tertiary/aromatic N) is 4. The second-order valence-electron chi connectivity index (χ2n) is 20.7. The lowest BCUT2D eigenvalue weighted by molar-refractivity contribution is -0.138. The van der Waals surface area contributed by atoms with Crippen LogP contribution in [0, 0.1) is 0 Å². The van der Waals surface area contributed by atoms with E-state index in [1.165, 1.54) is 12.5 Å². The number of para-hydroxylation sites is 1. The van der Waals surface area contributed by atoms with Crippen LogP contribution in [0.2, 0.25) is 0 Å². The predicted octanol–water partition coefficient (Wildman–Crippen LogP) is -3.30. The lowest BCUT2D eigenvalue weighted by Crippen LogP contribution is -2.61. The summed E-state index contributed by atoms with van der Waals surface area (Å²) in [5.41, 5.74) is 29.6. The van der Waals surface area contributed by atoms with Crippen molar-refractivity contribution in [1.29, 1.82) is 0 Å². The van der Waals surface area contributed by atoms with Gasteiger partial charge in [-0.2, -0.15) is 25.3 Å². The molecular weight excluding hydrogens is 1190 g/mol. The van der Waals surface area contributed by atoms with Crippen molar-refractivity contribution >= 4 is 124 Å². The number of thiol groups is 2. The van der Waals surface area contributed by atoms with Gasteiger partial charge in [0.2, 0.25) is 47.3 Å². The maximum atomic E-state index is 15.0. The van der Waals surface area contributed by atoms with Gasteiger partial charge in [0.25, 0.3) is 5.91 Å². The first kappa shape index (κ1) is 68.2. The highest BCUT2D eigenvalue weighted by Crippen LogP contribution is 2.21. The lowest BCUT2D eigenvalue weighted by atomic mass is 9.99. The number of imide groups is 1. The minimum absolute atomic E-state index is 0.00000765. The minimum atomic E-state index is -1.70. The Kier molecular flexibility index (Phi) is 25.5. The largest absolute Gasteiger partial charge is 0.481 e. The molecule has 1 saturated heterocycles. The van der Waals surface area contributed by atoms with Crippen LogP contribution in [0.1, 0.15) is 55.3 Å². The maximum Gasteiger partial charge on any atom is 0.325 e. The molecule has 0 spiro atoms. The molecule has 1 aliphatic heterocycles. The number of guanidine groups is 2. The number of amides is 11. The van der Waals surface area contributed by atoms with E-state index in [0.29, 0.717) is 28.1 Å². The molecule has 8 atom stereocenters. The van der Waals surface area contributed by atoms with Gasteiger partial charge in [-0.3, -0.25) is 62.8 Å². The van der Waals surface area contributed by atoms with Gasteiger partial charge in [0.1, 0.15) is 54.9 Å². The summed E-state index contributed by atoms with van der Waals surface area (Å²) in [4.78, 5) is 169. The summed E-state index contributed by atoms with van der Waals surface area (Å²) < 4.78 is 0. The standard InChI is InChI=1S/C56H73N19O12S2/c57-46(79)42(26-88)73-50(83)40(21-32-23-65-35-10-4-3-9-34(32)35)71-47(80)36(11-5-17-63-54(58)59)68-49(82)39(20-29-13-14-30-7-1-2-8-31(30)19-29)70-51(84)41(22-33-24-62-28-66-33)72-48(81)37(15-16-45(77)78)69-52(85)43(27-89)67-44(76)25-75-53(86)38(74-56(75)87)12-6-18-64-55(60)61/h1-4,7-10,13-14,19,23-24,28,36-43,65,88-89H,5-6,11-12,15-18,20-22,25-27H2,(H2,57,79)(H,62,66)(H,67,76)(H,68,82)(H,69,85)(H,70,84)(H,71,80)(H,72,81)(H,73,83)(H,74,87)(H,77,78)(H4,58,59,63)(H4,60,61,64)/t36-,37-,38+,39+,40-,41-,42-,43-/m1/s1. The molecule has 0 aliphatic carbocycles. The average molecular weight is 1270 g/mol. The molecule has 21 N–H and O–H groups in total. The van der Waals surface area contributed by atoms with Gasteiger partial charge in [0, 0.05) is 79.3 Å². The van der Waals surface area contributed by atoms with Gasteiger partial charge in [-0.05, 0) is 60.1 Å². The maximum absolute atomic E-state index is 15.0. The number of nitrogens with one attached hydrogen (secondary N) is 10. The third-order valence-corrected chi connectivity index (χ3v) is 14.8. The predicted molar refractivity (Wildman–Crippen MR) is 333 cm³/mol. The zero-order valence-corrected chi connectivity index (χ0v) is 49.9. The molecule has 0 unspecified atom stereocenters. The molecule has 1 aliphatic rings. The van der Waals surface area contributed by atoms with E-state index in [0.717, 1.165) is 21.7 Å². The molecule has 89 heavy (non-hydrogen) atoms. The number of hydrogen-bond acceptors (Lipinski definition) is 16. The summed E-state index contributed by atoms with van der Waals surface area (Å²) in [6.45, 7) is -0.635. The third kappa shape index (κ3) is 20.6. The first-order chi connectivity index (χ1) is 42.5. The average Bonchev–Trinajstić information content (AvgIpc) is 4.42. The molecule has 0 bridgehead atoms. The molecule has 33 heteroatoms. The number of carboxylic acid groups (broad SMARTS) is 1. The lowest BCUT2D eigenvalue weighted by Gasteiger charge is -2.28. The second-order valence-corrected chi connectivity index (χ2v) is 21.5. The van der Waals surface area contributed by atoms with E-state index in [4.69, 9.17) is 28.7 Å². The van der Waals surface area contributed by atoms with Crippen molar-refractivity contribution < 1.29 is 57.8 Å². The third-order valence-electron chi connectivity index (χ3n) is 14.1. The minimum Gasteiger partial charge on any atom is -0.481 e. The molecule has 6 rings (SSSR count). The van der Waals surface area contributed by atoms with Crippen LogP contribution in [0.15, 0.2) is 95.4 Å². The van der Waals surface area contributed by atoms with Crippen LogP contribution in [0.25, 0.3) is 21.7 Å². The number of aliphatic imine (C=N–C) groups is 2. The highest BCUT2D eigenvalue weighted by molar-refractivity contribution is 7.80. The van der Waals surface area contributed by atoms with Gasteiger partial charge < -0.3 is 86.3 Å². The molecule has 5 aromatic rings. The number of imidazole rings is 1. The zero-order chi connectivity index (χ0) is 64.7. The monoisotopic (exact) mass is 1270 g/mol. The number of urea groups is 1. The Morgan fingerprint density at radius 2 is 1.17 bits per heavy atom. The number of nitrogens with two attached hydrogens (primary N) is 5. The number of primary amides is 1. The number of benzene rings is 3. The Morgan fingerprint density at radius 3 is 1.78 bits per heavy atom. The van der Waals surface area contributed by atoms with Gasteiger partial charge in [0.15, 0.2) is 11.9 Å². The topological polar surface area (TPSA) is 507 Å². The summed E-state index contributed by atoms with van der Waals surface area (Å²) in [5, 5.41) is 32.6. The molecule has 2 aromatic heterocycles. The Hall–Kier alpha value is -9.92. The molecule has 31 nitrogen and oxygen atoms in total. The van der Waals surface area contributed by atoms with Gasteiger partial charge >= 0.3 is 12.0 Å². The number of H-pyrrole nitrogens is 2. The molecule has 11 amide bonds. The van der Waals surface area contributed by atoms with E-state index in [1.807, 2.05) is 36.4 Å². The van der Waals surface area contributed by atoms with Gasteiger partial charge in [0.05, 0.1) is 6.33 Å². The number of aromatic nitrogens is 3. The Balaban J connectivity index is 1.26. The van der Waals surface area contributed by atoms with Crippen LogP contribution in [-0.4, -0.2) is 182 Å². The van der Waals surface area contributed by atoms with Crippen LogP contribution in [0.5, 0.6) is 0 Å². The highest BCUT2D eigenvalue weighted by Gasteiger charge is 2.40. The smallest absolute Gasteiger partial charge is 0.325 e. The summed E-state index contributed by atoms with van der Waals surface area (Å²) in [6, 6.07) is 7.61. The van der Waals surface area contributed by atoms with Gasteiger partial charge in [-0.25, -0.2) is 9.78 Å². The highest BCUT2D eigenvalue weighted by atomic mass is 32.1. The molecule has 476 valence electrons. The Morgan fingerprint density at radius 1 is 0.618 bits per heavy atom. The molecule has 0 saturated carbocycles. The Labute approximate surface area is 520 Å². The first-order valence-corrected chi connectivity index (χ1v) is 29.4. The van der Waals surface area contributed by atoms with Gasteiger partial charge in [-0.1, -0.05) is 60.7 Å². The molecule has 3 aromatic carbocycles. The second kappa shape index (κ2) is 33.3. The summed E-state index contributed by atoms with van der Waals surface area (Å²) in [5.74, 6) is -10.6. The van der Waals surface area contributed by atoms with Crippen molar-refractivity contribution in [3.63, 3.8) is 0 Å². The molecule has 0 radical (unpaired) electrons. The first-order valence-electron chi connectivity index (χ1n) is 28.1. The van der Waals surface area contributed by atoms with E-state index in [-0.39, 0.29) is 69.3 Å². The van der Waals surface area contributed by atoms with E-state index in [9.17, 15) is 57.8 Å². The van der Waals surface area contributed by atoms with Crippen LogP contribution >= 0.6 is 25.3 Å². The van der Waals surface area contributed by atoms with Crippen molar-refractivity contribution in [1.82, 2.24) is 62.4 Å². The van der Waals surface area contributed by atoms with Crippen molar-refractivity contribution in [3.8, 4) is 0 Å². The number of rotatable bonds is 35. The number of carbonyl (C=O) groups excluding carboxylic acids is 10. The van der Waals surface area contributed by atoms with E-state index < -0.39 is 139 Å². The zero-order valence-electron chi connectivity index (χ0n) is 48.1. The quantitative estimate of drug-likeness (QED) is 0.00621. The van der Waals surface area contributed by atoms with Crippen LogP contribution < -0.4 is 71.2 Å². The SMILES string of the molecule is NC(=O)[C@@H](CS)NC(=O)[C@@H](Cc1c[nH]c2ccccc12)NC(=O)[C@@H](CCCN=C(N)N)NC(=O)[C@H](Cc1ccc2ccccc2c1)NC(=O)[C@@H](Cc1cnc[nH]1)NC(=O)[C@@H](CCC(=O)O)NC(=O)[C@@H](CS)NC(=O)CN1C(=O)N[C@@H](CCCN=C(N)N)C1=O. The number of hydrogen-bond donors (Lipinski definition) is 18. The van der Waals surface area contributed by atoms with Gasteiger partial charge in [-0.15, -0.1) is 0 Å². The number of aliphatic carboxylic acids is 1. The van der Waals surface area contributed by atoms with E-state index in [1.54, 1.807) is 36.5 Å².